The molecule has 0 aliphatic carbocycles. The van der Waals surface area contributed by atoms with Gasteiger partial charge in [-0.25, -0.2) is 4.79 Å². The van der Waals surface area contributed by atoms with Crippen LogP contribution in [-0.4, -0.2) is 23.9 Å². The van der Waals surface area contributed by atoms with Crippen LogP contribution in [0, 0.1) is 0 Å². The molecule has 0 atom stereocenters. The minimum atomic E-state index is -0.308. The molecule has 0 saturated carbocycles. The molecule has 0 aromatic carbocycles. The van der Waals surface area contributed by atoms with E-state index < -0.39 is 0 Å². The molecule has 17 heavy (non-hydrogen) atoms. The Morgan fingerprint density at radius 2 is 2.29 bits per heavy atom. The predicted molar refractivity (Wildman–Crippen MR) is 72.4 cm³/mol. The molecular formula is C12H14O3S2. The molecule has 5 heteroatoms. The Balaban J connectivity index is 2.51. The summed E-state index contributed by atoms with van der Waals surface area (Å²) in [6.07, 6.45) is 4.66. The molecule has 1 heterocycles. The molecule has 0 saturated heterocycles. The second-order valence-corrected chi connectivity index (χ2v) is 5.42. The van der Waals surface area contributed by atoms with Crippen LogP contribution in [0.1, 0.15) is 28.6 Å². The van der Waals surface area contributed by atoms with Crippen molar-refractivity contribution >= 4 is 40.3 Å². The van der Waals surface area contributed by atoms with Gasteiger partial charge in [-0.2, -0.15) is 0 Å². The first-order valence-corrected chi connectivity index (χ1v) is 6.97. The topological polar surface area (TPSA) is 43.4 Å². The highest BCUT2D eigenvalue weighted by atomic mass is 32.2. The first-order valence-electron chi connectivity index (χ1n) is 5.11. The van der Waals surface area contributed by atoms with Gasteiger partial charge in [-0.3, -0.25) is 4.79 Å². The standard InChI is InChI=1S/C12H14O3S2/c1-9(13)16-7-4-3-5-10-6-8-17-11(10)12(14)15-2/h3,5-6,8H,4,7H2,1-2H3. The van der Waals surface area contributed by atoms with E-state index in [1.807, 2.05) is 23.6 Å². The molecule has 0 spiro atoms. The monoisotopic (exact) mass is 270 g/mol. The largest absolute Gasteiger partial charge is 0.465 e. The lowest BCUT2D eigenvalue weighted by Crippen LogP contribution is -1.99. The van der Waals surface area contributed by atoms with Gasteiger partial charge in [0.25, 0.3) is 0 Å². The van der Waals surface area contributed by atoms with E-state index in [0.29, 0.717) is 4.88 Å². The Morgan fingerprint density at radius 3 is 2.94 bits per heavy atom. The lowest BCUT2D eigenvalue weighted by atomic mass is 10.2. The van der Waals surface area contributed by atoms with Crippen molar-refractivity contribution in [3.8, 4) is 0 Å². The maximum Gasteiger partial charge on any atom is 0.348 e. The van der Waals surface area contributed by atoms with Crippen molar-refractivity contribution in [1.29, 1.82) is 0 Å². The highest BCUT2D eigenvalue weighted by Gasteiger charge is 2.10. The van der Waals surface area contributed by atoms with Crippen LogP contribution in [0.5, 0.6) is 0 Å². The number of carbonyl (C=O) groups excluding carboxylic acids is 2. The third-order valence-electron chi connectivity index (χ3n) is 1.95. The molecule has 0 N–H and O–H groups in total. The molecule has 92 valence electrons. The van der Waals surface area contributed by atoms with Gasteiger partial charge < -0.3 is 4.74 Å². The second-order valence-electron chi connectivity index (χ2n) is 3.23. The number of thiophene rings is 1. The van der Waals surface area contributed by atoms with E-state index >= 15 is 0 Å². The average molecular weight is 270 g/mol. The summed E-state index contributed by atoms with van der Waals surface area (Å²) in [6.45, 7) is 1.56. The smallest absolute Gasteiger partial charge is 0.348 e. The maximum atomic E-state index is 11.4. The van der Waals surface area contributed by atoms with Gasteiger partial charge in [0.05, 0.1) is 7.11 Å². The molecule has 3 nitrogen and oxygen atoms in total. The zero-order valence-corrected chi connectivity index (χ0v) is 11.4. The number of rotatable bonds is 5. The van der Waals surface area contributed by atoms with Gasteiger partial charge in [0.2, 0.25) is 0 Å². The van der Waals surface area contributed by atoms with Crippen molar-refractivity contribution in [2.45, 2.75) is 13.3 Å². The minimum Gasteiger partial charge on any atom is -0.465 e. The minimum absolute atomic E-state index is 0.129. The normalized spacial score (nSPS) is 10.7. The maximum absolute atomic E-state index is 11.4. The van der Waals surface area contributed by atoms with E-state index in [2.05, 4.69) is 4.74 Å². The van der Waals surface area contributed by atoms with Gasteiger partial charge in [-0.1, -0.05) is 23.9 Å². The third kappa shape index (κ3) is 4.75. The van der Waals surface area contributed by atoms with Crippen LogP contribution >= 0.6 is 23.1 Å². The van der Waals surface area contributed by atoms with Crippen molar-refractivity contribution in [1.82, 2.24) is 0 Å². The van der Waals surface area contributed by atoms with E-state index in [4.69, 9.17) is 0 Å². The van der Waals surface area contributed by atoms with Crippen molar-refractivity contribution in [3.63, 3.8) is 0 Å². The van der Waals surface area contributed by atoms with E-state index in [1.54, 1.807) is 6.92 Å². The summed E-state index contributed by atoms with van der Waals surface area (Å²) < 4.78 is 4.68. The first kappa shape index (κ1) is 14.0. The number of methoxy groups -OCH3 is 1. The van der Waals surface area contributed by atoms with Crippen molar-refractivity contribution in [2.75, 3.05) is 12.9 Å². The van der Waals surface area contributed by atoms with Crippen LogP contribution < -0.4 is 0 Å². The highest BCUT2D eigenvalue weighted by molar-refractivity contribution is 8.13. The van der Waals surface area contributed by atoms with Crippen LogP contribution in [0.25, 0.3) is 6.08 Å². The highest BCUT2D eigenvalue weighted by Crippen LogP contribution is 2.19. The first-order chi connectivity index (χ1) is 8.15. The van der Waals surface area contributed by atoms with Crippen molar-refractivity contribution in [2.24, 2.45) is 0 Å². The fourth-order valence-corrected chi connectivity index (χ4v) is 2.53. The molecule has 0 aliphatic rings. The number of hydrogen-bond donors (Lipinski definition) is 0. The summed E-state index contributed by atoms with van der Waals surface area (Å²) in [5, 5.41) is 1.99. The van der Waals surface area contributed by atoms with E-state index in [-0.39, 0.29) is 11.1 Å². The van der Waals surface area contributed by atoms with E-state index in [0.717, 1.165) is 17.7 Å². The Morgan fingerprint density at radius 1 is 1.53 bits per heavy atom. The van der Waals surface area contributed by atoms with Gasteiger partial charge in [0.1, 0.15) is 4.88 Å². The van der Waals surface area contributed by atoms with Crippen LogP contribution in [-0.2, 0) is 9.53 Å². The summed E-state index contributed by atoms with van der Waals surface area (Å²) in [5.74, 6) is 0.460. The van der Waals surface area contributed by atoms with Gasteiger partial charge >= 0.3 is 5.97 Å². The molecule has 0 unspecified atom stereocenters. The number of allylic oxidation sites excluding steroid dienone is 1. The molecule has 0 aliphatic heterocycles. The molecule has 0 fully saturated rings. The van der Waals surface area contributed by atoms with Crippen LogP contribution in [0.3, 0.4) is 0 Å². The number of thioether (sulfide) groups is 1. The molecule has 1 aromatic rings. The summed E-state index contributed by atoms with van der Waals surface area (Å²) in [6, 6.07) is 1.88. The SMILES string of the molecule is COC(=O)c1sccc1C=CCCSC(C)=O. The van der Waals surface area contributed by atoms with Crippen LogP contribution in [0.2, 0.25) is 0 Å². The zero-order chi connectivity index (χ0) is 12.7. The number of hydrogen-bond acceptors (Lipinski definition) is 5. The summed E-state index contributed by atoms with van der Waals surface area (Å²) in [7, 11) is 1.37. The van der Waals surface area contributed by atoms with Crippen molar-refractivity contribution < 1.29 is 14.3 Å². The fraction of sp³-hybridized carbons (Fsp3) is 0.333. The molecule has 0 amide bonds. The van der Waals surface area contributed by atoms with E-state index in [1.165, 1.54) is 30.2 Å². The quantitative estimate of drug-likeness (QED) is 0.608. The van der Waals surface area contributed by atoms with Crippen LogP contribution in [0.4, 0.5) is 0 Å². The summed E-state index contributed by atoms with van der Waals surface area (Å²) in [4.78, 5) is 22.7. The van der Waals surface area contributed by atoms with Crippen LogP contribution in [0.15, 0.2) is 17.5 Å². The van der Waals surface area contributed by atoms with Gasteiger partial charge in [0, 0.05) is 12.7 Å². The number of esters is 1. The lowest BCUT2D eigenvalue weighted by Gasteiger charge is -1.97. The average Bonchev–Trinajstić information content (AvgIpc) is 2.75. The summed E-state index contributed by atoms with van der Waals surface area (Å²) in [5.41, 5.74) is 0.870. The van der Waals surface area contributed by atoms with Gasteiger partial charge in [0.15, 0.2) is 5.12 Å². The van der Waals surface area contributed by atoms with E-state index in [9.17, 15) is 9.59 Å². The Kier molecular flexibility index (Phi) is 6.00. The second kappa shape index (κ2) is 7.29. The third-order valence-corrected chi connectivity index (χ3v) is 3.71. The molecule has 1 aromatic heterocycles. The van der Waals surface area contributed by atoms with Gasteiger partial charge in [-0.05, 0) is 23.4 Å². The Hall–Kier alpha value is -1.07. The zero-order valence-electron chi connectivity index (χ0n) is 9.76. The fourth-order valence-electron chi connectivity index (χ4n) is 1.19. The molecule has 1 rings (SSSR count). The molecular weight excluding hydrogens is 256 g/mol. The summed E-state index contributed by atoms with van der Waals surface area (Å²) >= 11 is 2.67. The lowest BCUT2D eigenvalue weighted by molar-refractivity contribution is -0.109. The predicted octanol–water partition coefficient (Wildman–Crippen LogP) is 3.22. The number of ether oxygens (including phenoxy) is 1. The molecule has 0 radical (unpaired) electrons. The Labute approximate surface area is 109 Å². The Bertz CT molecular complexity index is 421. The van der Waals surface area contributed by atoms with Crippen molar-refractivity contribution in [3.05, 3.63) is 28.0 Å². The number of carbonyl (C=O) groups is 2. The molecule has 0 bridgehead atoms. The van der Waals surface area contributed by atoms with Gasteiger partial charge in [-0.15, -0.1) is 11.3 Å².